The first-order valence-corrected chi connectivity index (χ1v) is 8.89. The first-order valence-electron chi connectivity index (χ1n) is 6.87. The maximum atomic E-state index is 12.4. The summed E-state index contributed by atoms with van der Waals surface area (Å²) in [6.07, 6.45) is 1.85. The fourth-order valence-electron chi connectivity index (χ4n) is 1.96. The van der Waals surface area contributed by atoms with Crippen molar-refractivity contribution < 1.29 is 4.79 Å². The Kier molecular flexibility index (Phi) is 5.20. The predicted octanol–water partition coefficient (Wildman–Crippen LogP) is 4.81. The van der Waals surface area contributed by atoms with E-state index in [0.29, 0.717) is 25.9 Å². The van der Waals surface area contributed by atoms with Crippen molar-refractivity contribution in [3.05, 3.63) is 51.6 Å². The predicted molar refractivity (Wildman–Crippen MR) is 98.4 cm³/mol. The Morgan fingerprint density at radius 3 is 2.71 bits per heavy atom. The van der Waals surface area contributed by atoms with Gasteiger partial charge in [-0.15, -0.1) is 10.2 Å². The number of rotatable bonds is 4. The van der Waals surface area contributed by atoms with Crippen LogP contribution in [-0.2, 0) is 4.79 Å². The molecule has 1 N–H and O–H groups in total. The quantitative estimate of drug-likeness (QED) is 0.503. The maximum Gasteiger partial charge on any atom is 0.237 e. The Labute approximate surface area is 157 Å². The lowest BCUT2D eigenvalue weighted by Crippen LogP contribution is -2.22. The molecular formula is C15H11Cl3N4OS. The molecule has 0 saturated heterocycles. The zero-order valence-corrected chi connectivity index (χ0v) is 15.4. The van der Waals surface area contributed by atoms with Crippen LogP contribution in [0.4, 0.5) is 5.69 Å². The van der Waals surface area contributed by atoms with Crippen molar-refractivity contribution in [1.82, 2.24) is 14.6 Å². The standard InChI is InChI=1S/C15H11Cl3N4OS/c1-8(24-15-21-20-13-4-2-3-5-22(13)15)14(23)19-12-7-10(17)9(16)6-11(12)18/h2-8H,1H3,(H,19,23)/t8-/m1/s1. The first-order chi connectivity index (χ1) is 11.5. The molecule has 1 aromatic carbocycles. The van der Waals surface area contributed by atoms with Gasteiger partial charge in [0.2, 0.25) is 5.91 Å². The second kappa shape index (κ2) is 7.19. The SMILES string of the molecule is C[C@@H](Sc1nnc2ccccn12)C(=O)Nc1cc(Cl)c(Cl)cc1Cl. The minimum Gasteiger partial charge on any atom is -0.324 e. The summed E-state index contributed by atoms with van der Waals surface area (Å²) in [6, 6.07) is 8.61. The summed E-state index contributed by atoms with van der Waals surface area (Å²) >= 11 is 19.2. The average molecular weight is 402 g/mol. The second-order valence-corrected chi connectivity index (χ2v) is 7.44. The fourth-order valence-corrected chi connectivity index (χ4v) is 3.40. The Bertz CT molecular complexity index is 915. The molecular weight excluding hydrogens is 391 g/mol. The van der Waals surface area contributed by atoms with E-state index in [1.54, 1.807) is 6.92 Å². The van der Waals surface area contributed by atoms with Crippen LogP contribution in [-0.4, -0.2) is 25.8 Å². The molecule has 3 aromatic rings. The van der Waals surface area contributed by atoms with Gasteiger partial charge in [-0.3, -0.25) is 9.20 Å². The highest BCUT2D eigenvalue weighted by Crippen LogP contribution is 2.33. The van der Waals surface area contributed by atoms with E-state index in [-0.39, 0.29) is 5.91 Å². The molecule has 0 unspecified atom stereocenters. The minimum absolute atomic E-state index is 0.229. The molecule has 24 heavy (non-hydrogen) atoms. The lowest BCUT2D eigenvalue weighted by Gasteiger charge is -2.12. The Morgan fingerprint density at radius 2 is 1.92 bits per heavy atom. The average Bonchev–Trinajstić information content (AvgIpc) is 2.95. The van der Waals surface area contributed by atoms with Gasteiger partial charge < -0.3 is 5.32 Å². The van der Waals surface area contributed by atoms with Crippen LogP contribution in [0.3, 0.4) is 0 Å². The Hall–Kier alpha value is -1.47. The summed E-state index contributed by atoms with van der Waals surface area (Å²) in [5.74, 6) is -0.229. The molecule has 3 rings (SSSR count). The monoisotopic (exact) mass is 400 g/mol. The van der Waals surface area contributed by atoms with Gasteiger partial charge >= 0.3 is 0 Å². The highest BCUT2D eigenvalue weighted by molar-refractivity contribution is 8.00. The molecule has 124 valence electrons. The number of benzene rings is 1. The van der Waals surface area contributed by atoms with Gasteiger partial charge in [0.25, 0.3) is 0 Å². The molecule has 0 aliphatic carbocycles. The summed E-state index contributed by atoms with van der Waals surface area (Å²) in [4.78, 5) is 12.4. The molecule has 0 bridgehead atoms. The summed E-state index contributed by atoms with van der Waals surface area (Å²) in [5.41, 5.74) is 1.13. The highest BCUT2D eigenvalue weighted by Gasteiger charge is 2.19. The van der Waals surface area contributed by atoms with Crippen LogP contribution >= 0.6 is 46.6 Å². The van der Waals surface area contributed by atoms with Crippen molar-refractivity contribution in [3.63, 3.8) is 0 Å². The molecule has 0 aliphatic rings. The zero-order valence-electron chi connectivity index (χ0n) is 12.3. The number of hydrogen-bond acceptors (Lipinski definition) is 4. The van der Waals surface area contributed by atoms with Crippen LogP contribution in [0.1, 0.15) is 6.92 Å². The topological polar surface area (TPSA) is 59.3 Å². The molecule has 2 aromatic heterocycles. The molecule has 9 heteroatoms. The Balaban J connectivity index is 1.74. The number of carbonyl (C=O) groups excluding carboxylic acids is 1. The van der Waals surface area contributed by atoms with Gasteiger partial charge in [-0.05, 0) is 31.2 Å². The van der Waals surface area contributed by atoms with Gasteiger partial charge in [0.15, 0.2) is 10.8 Å². The van der Waals surface area contributed by atoms with Crippen molar-refractivity contribution >= 4 is 63.8 Å². The van der Waals surface area contributed by atoms with E-state index in [0.717, 1.165) is 5.65 Å². The van der Waals surface area contributed by atoms with E-state index in [1.165, 1.54) is 23.9 Å². The number of nitrogens with zero attached hydrogens (tertiary/aromatic N) is 3. The van der Waals surface area contributed by atoms with E-state index in [2.05, 4.69) is 15.5 Å². The van der Waals surface area contributed by atoms with Gasteiger partial charge in [-0.2, -0.15) is 0 Å². The molecule has 2 heterocycles. The third-order valence-electron chi connectivity index (χ3n) is 3.20. The molecule has 0 fully saturated rings. The Morgan fingerprint density at radius 1 is 1.17 bits per heavy atom. The number of carbonyl (C=O) groups is 1. The largest absolute Gasteiger partial charge is 0.324 e. The molecule has 1 atom stereocenters. The normalized spacial score (nSPS) is 12.3. The molecule has 1 amide bonds. The van der Waals surface area contributed by atoms with Gasteiger partial charge in [-0.1, -0.05) is 52.6 Å². The van der Waals surface area contributed by atoms with Crippen LogP contribution in [0, 0.1) is 0 Å². The van der Waals surface area contributed by atoms with Gasteiger partial charge in [-0.25, -0.2) is 0 Å². The zero-order chi connectivity index (χ0) is 17.3. The first kappa shape index (κ1) is 17.4. The molecule has 0 radical (unpaired) electrons. The van der Waals surface area contributed by atoms with Crippen molar-refractivity contribution in [3.8, 4) is 0 Å². The number of pyridine rings is 1. The molecule has 0 aliphatic heterocycles. The van der Waals surface area contributed by atoms with E-state index < -0.39 is 5.25 Å². The third-order valence-corrected chi connectivity index (χ3v) is 5.29. The van der Waals surface area contributed by atoms with Crippen LogP contribution in [0.15, 0.2) is 41.7 Å². The fraction of sp³-hybridized carbons (Fsp3) is 0.133. The molecule has 0 saturated carbocycles. The molecule has 0 spiro atoms. The lowest BCUT2D eigenvalue weighted by atomic mass is 10.3. The number of nitrogens with one attached hydrogen (secondary N) is 1. The van der Waals surface area contributed by atoms with Gasteiger partial charge in [0.05, 0.1) is 26.0 Å². The van der Waals surface area contributed by atoms with Crippen LogP contribution in [0.25, 0.3) is 5.65 Å². The maximum absolute atomic E-state index is 12.4. The van der Waals surface area contributed by atoms with Crippen LogP contribution in [0.5, 0.6) is 0 Å². The van der Waals surface area contributed by atoms with E-state index in [1.807, 2.05) is 28.8 Å². The summed E-state index contributed by atoms with van der Waals surface area (Å²) < 4.78 is 1.82. The van der Waals surface area contributed by atoms with E-state index in [4.69, 9.17) is 34.8 Å². The van der Waals surface area contributed by atoms with Crippen LogP contribution in [0.2, 0.25) is 15.1 Å². The van der Waals surface area contributed by atoms with Crippen molar-refractivity contribution in [2.24, 2.45) is 0 Å². The second-order valence-electron chi connectivity index (χ2n) is 4.91. The minimum atomic E-state index is -0.414. The number of hydrogen-bond donors (Lipinski definition) is 1. The lowest BCUT2D eigenvalue weighted by molar-refractivity contribution is -0.115. The van der Waals surface area contributed by atoms with E-state index in [9.17, 15) is 4.79 Å². The molecule has 5 nitrogen and oxygen atoms in total. The number of thioether (sulfide) groups is 1. The summed E-state index contributed by atoms with van der Waals surface area (Å²) in [6.45, 7) is 1.77. The summed E-state index contributed by atoms with van der Waals surface area (Å²) in [7, 11) is 0. The number of halogens is 3. The van der Waals surface area contributed by atoms with Crippen molar-refractivity contribution in [2.75, 3.05) is 5.32 Å². The highest BCUT2D eigenvalue weighted by atomic mass is 35.5. The van der Waals surface area contributed by atoms with Crippen LogP contribution < -0.4 is 5.32 Å². The number of anilines is 1. The number of amides is 1. The smallest absolute Gasteiger partial charge is 0.237 e. The van der Waals surface area contributed by atoms with Crippen molar-refractivity contribution in [1.29, 1.82) is 0 Å². The third kappa shape index (κ3) is 3.62. The van der Waals surface area contributed by atoms with Gasteiger partial charge in [0, 0.05) is 6.20 Å². The van der Waals surface area contributed by atoms with Crippen molar-refractivity contribution in [2.45, 2.75) is 17.3 Å². The van der Waals surface area contributed by atoms with Gasteiger partial charge in [0.1, 0.15) is 0 Å². The van der Waals surface area contributed by atoms with E-state index >= 15 is 0 Å². The summed E-state index contributed by atoms with van der Waals surface area (Å²) in [5, 5.41) is 12.1. The number of aromatic nitrogens is 3. The number of fused-ring (bicyclic) bond motifs is 1.